The van der Waals surface area contributed by atoms with Gasteiger partial charge >= 0.3 is 5.97 Å². The van der Waals surface area contributed by atoms with Gasteiger partial charge in [0, 0.05) is 13.1 Å². The molecule has 0 bridgehead atoms. The molecular weight excluding hydrogens is 344 g/mol. The van der Waals surface area contributed by atoms with Gasteiger partial charge in [-0.1, -0.05) is 6.07 Å². The van der Waals surface area contributed by atoms with Gasteiger partial charge in [-0.15, -0.1) is 0 Å². The third-order valence-corrected chi connectivity index (χ3v) is 5.47. The fourth-order valence-electron chi connectivity index (χ4n) is 3.53. The predicted molar refractivity (Wildman–Crippen MR) is 101 cm³/mol. The van der Waals surface area contributed by atoms with Crippen LogP contribution in [0.25, 0.3) is 0 Å². The highest BCUT2D eigenvalue weighted by Crippen LogP contribution is 2.40. The molecular formula is C21H28N2O4. The number of likely N-dealkylation sites (tertiary alicyclic amines) is 1. The monoisotopic (exact) mass is 372 g/mol. The molecule has 6 heteroatoms. The molecule has 2 fully saturated rings. The van der Waals surface area contributed by atoms with Gasteiger partial charge in [-0.2, -0.15) is 5.26 Å². The lowest BCUT2D eigenvalue weighted by Crippen LogP contribution is -2.44. The molecule has 0 atom stereocenters. The summed E-state index contributed by atoms with van der Waals surface area (Å²) in [6.45, 7) is 4.57. The minimum absolute atomic E-state index is 0.206. The predicted octanol–water partition coefficient (Wildman–Crippen LogP) is 2.90. The zero-order valence-electron chi connectivity index (χ0n) is 16.2. The Morgan fingerprint density at radius 3 is 2.63 bits per heavy atom. The summed E-state index contributed by atoms with van der Waals surface area (Å²) in [7, 11) is 1.63. The number of hydrogen-bond acceptors (Lipinski definition) is 6. The normalized spacial score (nSPS) is 19.1. The van der Waals surface area contributed by atoms with Gasteiger partial charge in [0.1, 0.15) is 0 Å². The Morgan fingerprint density at radius 2 is 2.04 bits per heavy atom. The molecule has 3 rings (SSSR count). The van der Waals surface area contributed by atoms with Crippen molar-refractivity contribution >= 4 is 5.97 Å². The highest BCUT2D eigenvalue weighted by Gasteiger charge is 2.37. The molecule has 0 unspecified atom stereocenters. The molecule has 146 valence electrons. The maximum absolute atomic E-state index is 11.7. The van der Waals surface area contributed by atoms with E-state index in [1.54, 1.807) is 14.0 Å². The van der Waals surface area contributed by atoms with Crippen LogP contribution in [0.5, 0.6) is 11.5 Å². The van der Waals surface area contributed by atoms with Gasteiger partial charge in [0.25, 0.3) is 0 Å². The van der Waals surface area contributed by atoms with E-state index >= 15 is 0 Å². The zero-order valence-corrected chi connectivity index (χ0v) is 16.2. The second-order valence-electron chi connectivity index (χ2n) is 7.40. The van der Waals surface area contributed by atoms with E-state index in [1.165, 1.54) is 12.8 Å². The SMILES string of the molecule is CCOC(=O)CN1CCC(C#N)(c2ccc(OC)c(OCC3CC3)c2)CC1. The van der Waals surface area contributed by atoms with Crippen LogP contribution in [0.15, 0.2) is 18.2 Å². The molecule has 1 aromatic carbocycles. The summed E-state index contributed by atoms with van der Waals surface area (Å²) < 4.78 is 16.4. The number of ether oxygens (including phenoxy) is 3. The highest BCUT2D eigenvalue weighted by atomic mass is 16.5. The van der Waals surface area contributed by atoms with E-state index in [2.05, 4.69) is 11.0 Å². The molecule has 0 N–H and O–H groups in total. The van der Waals surface area contributed by atoms with E-state index in [4.69, 9.17) is 14.2 Å². The molecule has 1 aliphatic heterocycles. The van der Waals surface area contributed by atoms with Crippen LogP contribution in [-0.2, 0) is 14.9 Å². The Bertz CT molecular complexity index is 701. The second kappa shape index (κ2) is 8.62. The molecule has 1 aromatic rings. The van der Waals surface area contributed by atoms with Crippen molar-refractivity contribution in [1.29, 1.82) is 5.26 Å². The Hall–Kier alpha value is -2.26. The van der Waals surface area contributed by atoms with Crippen molar-refractivity contribution in [2.75, 3.05) is 40.0 Å². The molecule has 0 spiro atoms. The topological polar surface area (TPSA) is 71.8 Å². The third kappa shape index (κ3) is 4.72. The number of methoxy groups -OCH3 is 1. The van der Waals surface area contributed by atoms with Crippen LogP contribution < -0.4 is 9.47 Å². The first-order valence-electron chi connectivity index (χ1n) is 9.70. The van der Waals surface area contributed by atoms with Gasteiger partial charge in [-0.25, -0.2) is 0 Å². The molecule has 0 radical (unpaired) electrons. The average molecular weight is 372 g/mol. The maximum Gasteiger partial charge on any atom is 0.320 e. The number of benzene rings is 1. The van der Waals surface area contributed by atoms with E-state index in [0.29, 0.717) is 56.6 Å². The van der Waals surface area contributed by atoms with E-state index in [-0.39, 0.29) is 12.5 Å². The lowest BCUT2D eigenvalue weighted by molar-refractivity contribution is -0.144. The quantitative estimate of drug-likeness (QED) is 0.654. The van der Waals surface area contributed by atoms with Gasteiger partial charge in [0.15, 0.2) is 11.5 Å². The molecule has 0 aromatic heterocycles. The highest BCUT2D eigenvalue weighted by molar-refractivity contribution is 5.71. The van der Waals surface area contributed by atoms with Crippen LogP contribution in [-0.4, -0.2) is 50.8 Å². The minimum Gasteiger partial charge on any atom is -0.493 e. The molecule has 2 aliphatic rings. The maximum atomic E-state index is 11.7. The summed E-state index contributed by atoms with van der Waals surface area (Å²) in [5.74, 6) is 1.86. The van der Waals surface area contributed by atoms with E-state index in [9.17, 15) is 10.1 Å². The number of hydrogen-bond donors (Lipinski definition) is 0. The number of nitrogens with zero attached hydrogens (tertiary/aromatic N) is 2. The number of carbonyl (C=O) groups excluding carboxylic acids is 1. The first-order chi connectivity index (χ1) is 13.1. The Kier molecular flexibility index (Phi) is 6.22. The van der Waals surface area contributed by atoms with Crippen LogP contribution in [0.2, 0.25) is 0 Å². The van der Waals surface area contributed by atoms with Crippen LogP contribution in [0.1, 0.15) is 38.2 Å². The molecule has 1 saturated carbocycles. The Balaban J connectivity index is 1.70. The first-order valence-corrected chi connectivity index (χ1v) is 9.70. The number of rotatable bonds is 8. The van der Waals surface area contributed by atoms with E-state index in [1.807, 2.05) is 18.2 Å². The summed E-state index contributed by atoms with van der Waals surface area (Å²) >= 11 is 0. The van der Waals surface area contributed by atoms with E-state index in [0.717, 1.165) is 5.56 Å². The minimum atomic E-state index is -0.560. The number of piperidine rings is 1. The van der Waals surface area contributed by atoms with Crippen LogP contribution in [0.4, 0.5) is 0 Å². The molecule has 1 saturated heterocycles. The number of nitriles is 1. The van der Waals surface area contributed by atoms with Crippen LogP contribution in [0.3, 0.4) is 0 Å². The number of esters is 1. The zero-order chi connectivity index (χ0) is 19.3. The summed E-state index contributed by atoms with van der Waals surface area (Å²) in [4.78, 5) is 13.8. The first kappa shape index (κ1) is 19.5. The van der Waals surface area contributed by atoms with Crippen molar-refractivity contribution in [3.05, 3.63) is 23.8 Å². The summed E-state index contributed by atoms with van der Waals surface area (Å²) in [6.07, 6.45) is 3.80. The van der Waals surface area contributed by atoms with Gasteiger partial charge in [0.05, 0.1) is 38.4 Å². The van der Waals surface area contributed by atoms with Crippen LogP contribution in [0, 0.1) is 17.2 Å². The van der Waals surface area contributed by atoms with Crippen molar-refractivity contribution in [3.8, 4) is 17.6 Å². The van der Waals surface area contributed by atoms with Gasteiger partial charge < -0.3 is 14.2 Å². The van der Waals surface area contributed by atoms with Gasteiger partial charge in [-0.3, -0.25) is 9.69 Å². The van der Waals surface area contributed by atoms with Crippen molar-refractivity contribution in [2.45, 2.75) is 38.0 Å². The number of carbonyl (C=O) groups is 1. The lowest BCUT2D eigenvalue weighted by atomic mass is 9.74. The molecule has 6 nitrogen and oxygen atoms in total. The van der Waals surface area contributed by atoms with Crippen molar-refractivity contribution in [2.24, 2.45) is 5.92 Å². The van der Waals surface area contributed by atoms with Gasteiger partial charge in [0.2, 0.25) is 0 Å². The van der Waals surface area contributed by atoms with Gasteiger partial charge in [-0.05, 0) is 56.2 Å². The fourth-order valence-corrected chi connectivity index (χ4v) is 3.53. The van der Waals surface area contributed by atoms with Crippen molar-refractivity contribution < 1.29 is 19.0 Å². The third-order valence-electron chi connectivity index (χ3n) is 5.47. The van der Waals surface area contributed by atoms with Crippen molar-refractivity contribution in [1.82, 2.24) is 4.90 Å². The Labute approximate surface area is 161 Å². The fraction of sp³-hybridized carbons (Fsp3) is 0.619. The largest absolute Gasteiger partial charge is 0.493 e. The summed E-state index contributed by atoms with van der Waals surface area (Å²) in [5.41, 5.74) is 0.405. The standard InChI is InChI=1S/C21H28N2O4/c1-3-26-20(24)13-23-10-8-21(15-22,9-11-23)17-6-7-18(25-2)19(12-17)27-14-16-4-5-16/h6-7,12,16H,3-5,8-11,13-14H2,1-2H3. The smallest absolute Gasteiger partial charge is 0.320 e. The molecule has 27 heavy (non-hydrogen) atoms. The van der Waals surface area contributed by atoms with E-state index < -0.39 is 5.41 Å². The van der Waals surface area contributed by atoms with Crippen molar-refractivity contribution in [3.63, 3.8) is 0 Å². The van der Waals surface area contributed by atoms with Crippen LogP contribution >= 0.6 is 0 Å². The Morgan fingerprint density at radius 1 is 1.30 bits per heavy atom. The molecule has 0 amide bonds. The molecule has 1 aliphatic carbocycles. The summed E-state index contributed by atoms with van der Waals surface area (Å²) in [6, 6.07) is 8.36. The summed E-state index contributed by atoms with van der Waals surface area (Å²) in [5, 5.41) is 9.96. The molecule has 1 heterocycles. The second-order valence-corrected chi connectivity index (χ2v) is 7.40. The lowest BCUT2D eigenvalue weighted by Gasteiger charge is -2.37. The average Bonchev–Trinajstić information content (AvgIpc) is 3.51.